The van der Waals surface area contributed by atoms with Crippen molar-refractivity contribution >= 4 is 22.7 Å². The van der Waals surface area contributed by atoms with E-state index in [2.05, 4.69) is 0 Å². The van der Waals surface area contributed by atoms with E-state index in [1.165, 1.54) is 0 Å². The third-order valence-corrected chi connectivity index (χ3v) is 2.83. The SMILES string of the molecule is CSCCOc1ccc2c(O)cc(=O)oc2c1. The van der Waals surface area contributed by atoms with E-state index < -0.39 is 5.63 Å². The molecule has 0 unspecified atom stereocenters. The smallest absolute Gasteiger partial charge is 0.339 e. The third-order valence-electron chi connectivity index (χ3n) is 2.25. The molecule has 0 atom stereocenters. The van der Waals surface area contributed by atoms with Crippen LogP contribution in [-0.2, 0) is 0 Å². The van der Waals surface area contributed by atoms with Gasteiger partial charge < -0.3 is 14.3 Å². The van der Waals surface area contributed by atoms with Crippen LogP contribution in [0.3, 0.4) is 0 Å². The lowest BCUT2D eigenvalue weighted by molar-refractivity contribution is 0.344. The highest BCUT2D eigenvalue weighted by Crippen LogP contribution is 2.26. The summed E-state index contributed by atoms with van der Waals surface area (Å²) in [6, 6.07) is 6.07. The lowest BCUT2D eigenvalue weighted by Gasteiger charge is -2.06. The molecule has 0 saturated heterocycles. The Balaban J connectivity index is 2.33. The molecule has 1 heterocycles. The lowest BCUT2D eigenvalue weighted by Crippen LogP contribution is -2.00. The topological polar surface area (TPSA) is 59.7 Å². The summed E-state index contributed by atoms with van der Waals surface area (Å²) in [5, 5.41) is 10.1. The zero-order valence-corrected chi connectivity index (χ0v) is 10.1. The van der Waals surface area contributed by atoms with Crippen molar-refractivity contribution in [3.63, 3.8) is 0 Å². The molecule has 2 aromatic rings. The van der Waals surface area contributed by atoms with Gasteiger partial charge in [-0.2, -0.15) is 11.8 Å². The summed E-state index contributed by atoms with van der Waals surface area (Å²) < 4.78 is 10.5. The largest absolute Gasteiger partial charge is 0.507 e. The van der Waals surface area contributed by atoms with Gasteiger partial charge in [0.05, 0.1) is 18.1 Å². The summed E-state index contributed by atoms with van der Waals surface area (Å²) in [5.74, 6) is 1.44. The second-order valence-electron chi connectivity index (χ2n) is 3.45. The van der Waals surface area contributed by atoms with Gasteiger partial charge in [0.25, 0.3) is 0 Å². The van der Waals surface area contributed by atoms with Crippen molar-refractivity contribution in [3.05, 3.63) is 34.7 Å². The Morgan fingerprint density at radius 3 is 3.00 bits per heavy atom. The van der Waals surface area contributed by atoms with Crippen molar-refractivity contribution in [3.8, 4) is 11.5 Å². The molecule has 0 aliphatic carbocycles. The molecule has 5 heteroatoms. The highest BCUT2D eigenvalue weighted by Gasteiger charge is 2.05. The second kappa shape index (κ2) is 5.14. The standard InChI is InChI=1S/C12H12O4S/c1-17-5-4-15-8-2-3-9-10(13)7-12(14)16-11(9)6-8/h2-3,6-7,13H,4-5H2,1H3. The molecule has 1 aromatic heterocycles. The number of aromatic hydroxyl groups is 1. The first-order valence-corrected chi connectivity index (χ1v) is 6.48. The van der Waals surface area contributed by atoms with Crippen molar-refractivity contribution in [2.75, 3.05) is 18.6 Å². The average Bonchev–Trinajstić information content (AvgIpc) is 2.28. The van der Waals surface area contributed by atoms with E-state index in [9.17, 15) is 9.90 Å². The number of hydrogen-bond acceptors (Lipinski definition) is 5. The Bertz CT molecular complexity index is 576. The zero-order chi connectivity index (χ0) is 12.3. The van der Waals surface area contributed by atoms with Gasteiger partial charge in [-0.05, 0) is 18.4 Å². The highest BCUT2D eigenvalue weighted by molar-refractivity contribution is 7.98. The van der Waals surface area contributed by atoms with Gasteiger partial charge in [0.15, 0.2) is 0 Å². The van der Waals surface area contributed by atoms with Gasteiger partial charge in [0.2, 0.25) is 0 Å². The minimum Gasteiger partial charge on any atom is -0.507 e. The van der Waals surface area contributed by atoms with Crippen LogP contribution in [0.15, 0.2) is 33.5 Å². The summed E-state index contributed by atoms with van der Waals surface area (Å²) in [6.07, 6.45) is 2.00. The van der Waals surface area contributed by atoms with Gasteiger partial charge in [0.1, 0.15) is 17.1 Å². The van der Waals surface area contributed by atoms with E-state index >= 15 is 0 Å². The number of hydrogen-bond donors (Lipinski definition) is 1. The molecule has 0 spiro atoms. The zero-order valence-electron chi connectivity index (χ0n) is 9.30. The average molecular weight is 252 g/mol. The van der Waals surface area contributed by atoms with Crippen LogP contribution in [0.1, 0.15) is 0 Å². The first kappa shape index (κ1) is 11.9. The number of fused-ring (bicyclic) bond motifs is 1. The van der Waals surface area contributed by atoms with Crippen LogP contribution in [0.25, 0.3) is 11.0 Å². The summed E-state index contributed by atoms with van der Waals surface area (Å²) in [4.78, 5) is 11.1. The normalized spacial score (nSPS) is 10.6. The third kappa shape index (κ3) is 2.74. The maximum absolute atomic E-state index is 11.1. The molecule has 0 amide bonds. The van der Waals surface area contributed by atoms with Gasteiger partial charge >= 0.3 is 5.63 Å². The Morgan fingerprint density at radius 1 is 1.41 bits per heavy atom. The molecule has 17 heavy (non-hydrogen) atoms. The van der Waals surface area contributed by atoms with Crippen LogP contribution in [0.5, 0.6) is 11.5 Å². The van der Waals surface area contributed by atoms with Gasteiger partial charge in [0, 0.05) is 11.8 Å². The predicted octanol–water partition coefficient (Wildman–Crippen LogP) is 2.24. The Labute approximate surface area is 102 Å². The van der Waals surface area contributed by atoms with Crippen LogP contribution in [0.2, 0.25) is 0 Å². The van der Waals surface area contributed by atoms with E-state index in [1.54, 1.807) is 30.0 Å². The Hall–Kier alpha value is -1.62. The fourth-order valence-corrected chi connectivity index (χ4v) is 1.71. The summed E-state index contributed by atoms with van der Waals surface area (Å²) >= 11 is 1.69. The quantitative estimate of drug-likeness (QED) is 0.668. The monoisotopic (exact) mass is 252 g/mol. The van der Waals surface area contributed by atoms with Gasteiger partial charge in [-0.15, -0.1) is 0 Å². The van der Waals surface area contributed by atoms with E-state index in [0.717, 1.165) is 11.8 Å². The first-order valence-electron chi connectivity index (χ1n) is 5.09. The molecule has 0 bridgehead atoms. The number of ether oxygens (including phenoxy) is 1. The van der Waals surface area contributed by atoms with Crippen LogP contribution in [-0.4, -0.2) is 23.7 Å². The molecule has 4 nitrogen and oxygen atoms in total. The van der Waals surface area contributed by atoms with E-state index in [-0.39, 0.29) is 5.75 Å². The molecule has 0 aliphatic rings. The number of benzene rings is 1. The molecule has 90 valence electrons. The van der Waals surface area contributed by atoms with E-state index in [1.807, 2.05) is 6.26 Å². The summed E-state index contributed by atoms with van der Waals surface area (Å²) in [6.45, 7) is 0.593. The highest BCUT2D eigenvalue weighted by atomic mass is 32.2. The van der Waals surface area contributed by atoms with Crippen LogP contribution < -0.4 is 10.4 Å². The van der Waals surface area contributed by atoms with E-state index in [4.69, 9.17) is 9.15 Å². The van der Waals surface area contributed by atoms with Crippen LogP contribution in [0, 0.1) is 0 Å². The number of thioether (sulfide) groups is 1. The molecule has 1 N–H and O–H groups in total. The maximum Gasteiger partial charge on any atom is 0.339 e. The minimum atomic E-state index is -0.573. The molecule has 0 aliphatic heterocycles. The molecule has 2 rings (SSSR count). The fraction of sp³-hybridized carbons (Fsp3) is 0.250. The molecule has 0 fully saturated rings. The molecule has 0 saturated carbocycles. The number of rotatable bonds is 4. The second-order valence-corrected chi connectivity index (χ2v) is 4.44. The van der Waals surface area contributed by atoms with Gasteiger partial charge in [-0.1, -0.05) is 0 Å². The van der Waals surface area contributed by atoms with E-state index in [0.29, 0.717) is 23.3 Å². The van der Waals surface area contributed by atoms with Crippen LogP contribution in [0.4, 0.5) is 0 Å². The molecular weight excluding hydrogens is 240 g/mol. The van der Waals surface area contributed by atoms with Crippen molar-refractivity contribution < 1.29 is 14.3 Å². The molecular formula is C12H12O4S. The van der Waals surface area contributed by atoms with Crippen molar-refractivity contribution in [2.24, 2.45) is 0 Å². The summed E-state index contributed by atoms with van der Waals surface area (Å²) in [7, 11) is 0. The Morgan fingerprint density at radius 2 is 2.24 bits per heavy atom. The van der Waals surface area contributed by atoms with Gasteiger partial charge in [-0.3, -0.25) is 0 Å². The first-order chi connectivity index (χ1) is 8.20. The fourth-order valence-electron chi connectivity index (χ4n) is 1.46. The molecule has 1 aromatic carbocycles. The minimum absolute atomic E-state index is 0.0769. The lowest BCUT2D eigenvalue weighted by atomic mass is 10.2. The predicted molar refractivity (Wildman–Crippen MR) is 68.0 cm³/mol. The Kier molecular flexibility index (Phi) is 3.58. The van der Waals surface area contributed by atoms with Crippen molar-refractivity contribution in [1.29, 1.82) is 0 Å². The van der Waals surface area contributed by atoms with Crippen molar-refractivity contribution in [1.82, 2.24) is 0 Å². The maximum atomic E-state index is 11.1. The summed E-state index contributed by atoms with van der Waals surface area (Å²) in [5.41, 5.74) is -0.243. The molecule has 0 radical (unpaired) electrons. The van der Waals surface area contributed by atoms with Crippen molar-refractivity contribution in [2.45, 2.75) is 0 Å². The van der Waals surface area contributed by atoms with Crippen LogP contribution >= 0.6 is 11.8 Å². The van der Waals surface area contributed by atoms with Gasteiger partial charge in [-0.25, -0.2) is 4.79 Å².